The maximum absolute atomic E-state index is 12.5. The highest BCUT2D eigenvalue weighted by atomic mass is 19.4. The molecule has 0 spiro atoms. The summed E-state index contributed by atoms with van der Waals surface area (Å²) in [6, 6.07) is 2.08. The maximum atomic E-state index is 12.5. The molecule has 0 radical (unpaired) electrons. The largest absolute Gasteiger partial charge is 0.401 e. The second kappa shape index (κ2) is 7.64. The molecule has 7 heteroatoms. The van der Waals surface area contributed by atoms with Crippen LogP contribution in [0.5, 0.6) is 0 Å². The molecule has 0 fully saturated rings. The Morgan fingerprint density at radius 3 is 2.50 bits per heavy atom. The molecule has 1 aromatic rings. The van der Waals surface area contributed by atoms with Crippen LogP contribution in [0.4, 0.5) is 13.2 Å². The van der Waals surface area contributed by atoms with Gasteiger partial charge in [-0.05, 0) is 18.9 Å². The highest BCUT2D eigenvalue weighted by Crippen LogP contribution is 2.18. The molecular formula is C13H23F3N4. The quantitative estimate of drug-likeness (QED) is 0.801. The standard InChI is InChI=1S/C13H23F3N4/c1-3-12(4-2)20-7-5-11(18-20)9-19(8-6-17)10-13(14,15)16/h5,7,12H,3-4,6,8-10,17H2,1-2H3. The molecule has 0 unspecified atom stereocenters. The average molecular weight is 292 g/mol. The molecular weight excluding hydrogens is 269 g/mol. The van der Waals surface area contributed by atoms with Crippen LogP contribution in [0.3, 0.4) is 0 Å². The SMILES string of the molecule is CCC(CC)n1ccc(CN(CCN)CC(F)(F)F)n1. The molecule has 0 atom stereocenters. The van der Waals surface area contributed by atoms with Crippen molar-refractivity contribution in [2.24, 2.45) is 5.73 Å². The van der Waals surface area contributed by atoms with Crippen molar-refractivity contribution in [1.82, 2.24) is 14.7 Å². The first-order valence-corrected chi connectivity index (χ1v) is 6.92. The summed E-state index contributed by atoms with van der Waals surface area (Å²) in [5.74, 6) is 0. The minimum Gasteiger partial charge on any atom is -0.329 e. The fourth-order valence-corrected chi connectivity index (χ4v) is 2.21. The number of hydrogen-bond acceptors (Lipinski definition) is 3. The Morgan fingerprint density at radius 2 is 2.00 bits per heavy atom. The van der Waals surface area contributed by atoms with Gasteiger partial charge in [-0.1, -0.05) is 13.8 Å². The van der Waals surface area contributed by atoms with Crippen molar-refractivity contribution >= 4 is 0 Å². The zero-order chi connectivity index (χ0) is 15.2. The summed E-state index contributed by atoms with van der Waals surface area (Å²) in [6.45, 7) is 3.76. The first kappa shape index (κ1) is 17.0. The van der Waals surface area contributed by atoms with Gasteiger partial charge in [0.2, 0.25) is 0 Å². The zero-order valence-corrected chi connectivity index (χ0v) is 12.0. The lowest BCUT2D eigenvalue weighted by atomic mass is 10.2. The van der Waals surface area contributed by atoms with Crippen LogP contribution in [0.15, 0.2) is 12.3 Å². The molecule has 0 bridgehead atoms. The van der Waals surface area contributed by atoms with E-state index in [1.54, 1.807) is 6.07 Å². The summed E-state index contributed by atoms with van der Waals surface area (Å²) in [7, 11) is 0. The number of aromatic nitrogens is 2. The van der Waals surface area contributed by atoms with Gasteiger partial charge in [0.05, 0.1) is 18.3 Å². The fraction of sp³-hybridized carbons (Fsp3) is 0.769. The van der Waals surface area contributed by atoms with Crippen molar-refractivity contribution < 1.29 is 13.2 Å². The van der Waals surface area contributed by atoms with Gasteiger partial charge >= 0.3 is 6.18 Å². The third kappa shape index (κ3) is 5.50. The van der Waals surface area contributed by atoms with Crippen LogP contribution in [0.2, 0.25) is 0 Å². The summed E-state index contributed by atoms with van der Waals surface area (Å²) >= 11 is 0. The highest BCUT2D eigenvalue weighted by Gasteiger charge is 2.30. The molecule has 2 N–H and O–H groups in total. The van der Waals surface area contributed by atoms with E-state index in [9.17, 15) is 13.2 Å². The van der Waals surface area contributed by atoms with Gasteiger partial charge in [0.15, 0.2) is 0 Å². The van der Waals surface area contributed by atoms with Gasteiger partial charge in [-0.15, -0.1) is 0 Å². The molecule has 0 saturated heterocycles. The van der Waals surface area contributed by atoms with Gasteiger partial charge in [0.1, 0.15) is 0 Å². The Bertz CT molecular complexity index is 385. The van der Waals surface area contributed by atoms with Gasteiger partial charge in [-0.25, -0.2) is 0 Å². The number of nitrogens with two attached hydrogens (primary N) is 1. The van der Waals surface area contributed by atoms with Crippen LogP contribution in [0, 0.1) is 0 Å². The van der Waals surface area contributed by atoms with E-state index in [1.165, 1.54) is 4.90 Å². The van der Waals surface area contributed by atoms with Crippen LogP contribution >= 0.6 is 0 Å². The summed E-state index contributed by atoms with van der Waals surface area (Å²) < 4.78 is 39.2. The van der Waals surface area contributed by atoms with E-state index in [0.29, 0.717) is 11.7 Å². The van der Waals surface area contributed by atoms with Gasteiger partial charge in [0.25, 0.3) is 0 Å². The summed E-state index contributed by atoms with van der Waals surface area (Å²) in [5.41, 5.74) is 6.01. The first-order chi connectivity index (χ1) is 9.39. The molecule has 20 heavy (non-hydrogen) atoms. The van der Waals surface area contributed by atoms with E-state index < -0.39 is 12.7 Å². The van der Waals surface area contributed by atoms with E-state index in [1.807, 2.05) is 10.9 Å². The smallest absolute Gasteiger partial charge is 0.329 e. The molecule has 0 saturated carbocycles. The monoisotopic (exact) mass is 292 g/mol. The average Bonchev–Trinajstić information content (AvgIpc) is 2.77. The zero-order valence-electron chi connectivity index (χ0n) is 12.0. The molecule has 0 aromatic carbocycles. The Labute approximate surface area is 117 Å². The first-order valence-electron chi connectivity index (χ1n) is 6.92. The fourth-order valence-electron chi connectivity index (χ4n) is 2.21. The van der Waals surface area contributed by atoms with Crippen LogP contribution < -0.4 is 5.73 Å². The van der Waals surface area contributed by atoms with Crippen molar-refractivity contribution in [3.05, 3.63) is 18.0 Å². The van der Waals surface area contributed by atoms with Crippen molar-refractivity contribution in [2.75, 3.05) is 19.6 Å². The van der Waals surface area contributed by atoms with E-state index in [0.717, 1.165) is 12.8 Å². The molecule has 1 heterocycles. The van der Waals surface area contributed by atoms with Crippen molar-refractivity contribution in [3.8, 4) is 0 Å². The lowest BCUT2D eigenvalue weighted by Crippen LogP contribution is -2.37. The summed E-state index contributed by atoms with van der Waals surface area (Å²) in [4.78, 5) is 1.28. The van der Waals surface area contributed by atoms with E-state index in [4.69, 9.17) is 5.73 Å². The summed E-state index contributed by atoms with van der Waals surface area (Å²) in [5, 5.41) is 4.37. The second-order valence-electron chi connectivity index (χ2n) is 4.87. The minimum absolute atomic E-state index is 0.170. The van der Waals surface area contributed by atoms with Gasteiger partial charge in [0, 0.05) is 25.8 Å². The Kier molecular flexibility index (Phi) is 6.48. The normalized spacial score (nSPS) is 12.6. The van der Waals surface area contributed by atoms with Gasteiger partial charge in [-0.2, -0.15) is 18.3 Å². The molecule has 1 aromatic heterocycles. The number of halogens is 3. The van der Waals surface area contributed by atoms with Crippen LogP contribution in [-0.2, 0) is 6.54 Å². The predicted molar refractivity (Wildman–Crippen MR) is 72.2 cm³/mol. The third-order valence-corrected chi connectivity index (χ3v) is 3.21. The van der Waals surface area contributed by atoms with Gasteiger partial charge in [-0.3, -0.25) is 9.58 Å². The molecule has 0 amide bonds. The van der Waals surface area contributed by atoms with Crippen LogP contribution in [-0.4, -0.2) is 40.5 Å². The Balaban J connectivity index is 2.69. The molecule has 0 aliphatic rings. The predicted octanol–water partition coefficient (Wildman–Crippen LogP) is 2.57. The van der Waals surface area contributed by atoms with Crippen molar-refractivity contribution in [1.29, 1.82) is 0 Å². The summed E-state index contributed by atoms with van der Waals surface area (Å²) in [6.07, 6.45) is -0.478. The van der Waals surface area contributed by atoms with Crippen molar-refractivity contribution in [3.63, 3.8) is 0 Å². The Morgan fingerprint density at radius 1 is 1.35 bits per heavy atom. The van der Waals surface area contributed by atoms with Crippen LogP contribution in [0.1, 0.15) is 38.4 Å². The lowest BCUT2D eigenvalue weighted by molar-refractivity contribution is -0.146. The Hall–Kier alpha value is -1.08. The van der Waals surface area contributed by atoms with Gasteiger partial charge < -0.3 is 5.73 Å². The molecule has 1 rings (SSSR count). The molecule has 4 nitrogen and oxygen atoms in total. The second-order valence-corrected chi connectivity index (χ2v) is 4.87. The maximum Gasteiger partial charge on any atom is 0.401 e. The topological polar surface area (TPSA) is 47.1 Å². The number of nitrogens with zero attached hydrogens (tertiary/aromatic N) is 3. The highest BCUT2D eigenvalue weighted by molar-refractivity contribution is 5.00. The van der Waals surface area contributed by atoms with E-state index in [2.05, 4.69) is 18.9 Å². The van der Waals surface area contributed by atoms with E-state index in [-0.39, 0.29) is 19.6 Å². The lowest BCUT2D eigenvalue weighted by Gasteiger charge is -2.22. The number of alkyl halides is 3. The number of hydrogen-bond donors (Lipinski definition) is 1. The molecule has 116 valence electrons. The third-order valence-electron chi connectivity index (χ3n) is 3.21. The molecule has 0 aliphatic heterocycles. The van der Waals surface area contributed by atoms with Crippen molar-refractivity contribution in [2.45, 2.75) is 45.5 Å². The van der Waals surface area contributed by atoms with E-state index >= 15 is 0 Å². The van der Waals surface area contributed by atoms with Crippen LogP contribution in [0.25, 0.3) is 0 Å². The molecule has 0 aliphatic carbocycles. The minimum atomic E-state index is -4.22. The number of rotatable bonds is 8.